The number of aromatic nitrogens is 2. The van der Waals surface area contributed by atoms with Crippen molar-refractivity contribution in [3.63, 3.8) is 0 Å². The summed E-state index contributed by atoms with van der Waals surface area (Å²) in [5, 5.41) is 16.5. The van der Waals surface area contributed by atoms with E-state index < -0.39 is 5.41 Å². The van der Waals surface area contributed by atoms with Crippen LogP contribution in [0.4, 0.5) is 23.0 Å². The molecule has 0 aliphatic heterocycles. The Hall–Kier alpha value is -2.96. The van der Waals surface area contributed by atoms with Crippen LogP contribution >= 0.6 is 0 Å². The van der Waals surface area contributed by atoms with E-state index in [4.69, 9.17) is 0 Å². The Morgan fingerprint density at radius 2 is 1.54 bits per heavy atom. The van der Waals surface area contributed by atoms with E-state index in [2.05, 4.69) is 26.1 Å². The highest BCUT2D eigenvalue weighted by atomic mass is 16.2. The maximum absolute atomic E-state index is 11.9. The lowest BCUT2D eigenvalue weighted by Gasteiger charge is -2.16. The SMILES string of the molecule is CC(=O)Nc1cccc(Nc2ccc(NC(=O)C(C)(C)C)nn2)c1. The van der Waals surface area contributed by atoms with Crippen molar-refractivity contribution in [2.45, 2.75) is 27.7 Å². The molecule has 0 aliphatic rings. The number of amides is 2. The van der Waals surface area contributed by atoms with Gasteiger partial charge in [-0.25, -0.2) is 0 Å². The van der Waals surface area contributed by atoms with Gasteiger partial charge in [0.25, 0.3) is 0 Å². The Morgan fingerprint density at radius 1 is 0.917 bits per heavy atom. The average molecular weight is 327 g/mol. The van der Waals surface area contributed by atoms with E-state index in [1.54, 1.807) is 24.3 Å². The molecule has 7 heteroatoms. The van der Waals surface area contributed by atoms with Gasteiger partial charge in [-0.1, -0.05) is 26.8 Å². The molecule has 2 amide bonds. The summed E-state index contributed by atoms with van der Waals surface area (Å²) in [7, 11) is 0. The largest absolute Gasteiger partial charge is 0.339 e. The molecular weight excluding hydrogens is 306 g/mol. The fourth-order valence-electron chi connectivity index (χ4n) is 1.80. The molecule has 0 spiro atoms. The maximum Gasteiger partial charge on any atom is 0.230 e. The molecule has 2 aromatic rings. The molecular formula is C17H21N5O2. The van der Waals surface area contributed by atoms with Crippen molar-refractivity contribution in [1.29, 1.82) is 0 Å². The van der Waals surface area contributed by atoms with E-state index in [0.29, 0.717) is 17.3 Å². The van der Waals surface area contributed by atoms with Gasteiger partial charge in [0.1, 0.15) is 0 Å². The summed E-state index contributed by atoms with van der Waals surface area (Å²) >= 11 is 0. The summed E-state index contributed by atoms with van der Waals surface area (Å²) in [6.07, 6.45) is 0. The lowest BCUT2D eigenvalue weighted by molar-refractivity contribution is -0.123. The fourth-order valence-corrected chi connectivity index (χ4v) is 1.80. The number of hydrogen-bond acceptors (Lipinski definition) is 5. The van der Waals surface area contributed by atoms with Gasteiger partial charge in [-0.2, -0.15) is 0 Å². The van der Waals surface area contributed by atoms with Gasteiger partial charge in [0.2, 0.25) is 11.8 Å². The first-order chi connectivity index (χ1) is 11.2. The predicted octanol–water partition coefficient (Wildman–Crippen LogP) is 3.16. The Kier molecular flexibility index (Phi) is 5.13. The van der Waals surface area contributed by atoms with Crippen LogP contribution in [-0.2, 0) is 9.59 Å². The third-order valence-corrected chi connectivity index (χ3v) is 3.04. The van der Waals surface area contributed by atoms with E-state index >= 15 is 0 Å². The van der Waals surface area contributed by atoms with Crippen LogP contribution in [-0.4, -0.2) is 22.0 Å². The minimum Gasteiger partial charge on any atom is -0.339 e. The summed E-state index contributed by atoms with van der Waals surface area (Å²) in [6, 6.07) is 10.6. The van der Waals surface area contributed by atoms with Crippen LogP contribution in [0.1, 0.15) is 27.7 Å². The van der Waals surface area contributed by atoms with Crippen molar-refractivity contribution in [1.82, 2.24) is 10.2 Å². The molecule has 2 rings (SSSR count). The monoisotopic (exact) mass is 327 g/mol. The topological polar surface area (TPSA) is 96.0 Å². The van der Waals surface area contributed by atoms with Gasteiger partial charge < -0.3 is 16.0 Å². The van der Waals surface area contributed by atoms with E-state index in [0.717, 1.165) is 5.69 Å². The average Bonchev–Trinajstić information content (AvgIpc) is 2.48. The van der Waals surface area contributed by atoms with Crippen molar-refractivity contribution >= 4 is 34.8 Å². The van der Waals surface area contributed by atoms with E-state index in [9.17, 15) is 9.59 Å². The smallest absolute Gasteiger partial charge is 0.230 e. The molecule has 0 fully saturated rings. The van der Waals surface area contributed by atoms with Gasteiger partial charge >= 0.3 is 0 Å². The fraction of sp³-hybridized carbons (Fsp3) is 0.294. The molecule has 1 heterocycles. The van der Waals surface area contributed by atoms with Gasteiger partial charge in [0.15, 0.2) is 11.6 Å². The molecule has 0 saturated heterocycles. The number of benzene rings is 1. The van der Waals surface area contributed by atoms with Gasteiger partial charge in [-0.15, -0.1) is 10.2 Å². The highest BCUT2D eigenvalue weighted by Gasteiger charge is 2.21. The summed E-state index contributed by atoms with van der Waals surface area (Å²) in [5.74, 6) is 0.669. The number of nitrogens with zero attached hydrogens (tertiary/aromatic N) is 2. The van der Waals surface area contributed by atoms with Crippen molar-refractivity contribution < 1.29 is 9.59 Å². The molecule has 1 aromatic heterocycles. The first kappa shape index (κ1) is 17.4. The highest BCUT2D eigenvalue weighted by Crippen LogP contribution is 2.20. The van der Waals surface area contributed by atoms with Gasteiger partial charge in [-0.3, -0.25) is 9.59 Å². The molecule has 7 nitrogen and oxygen atoms in total. The van der Waals surface area contributed by atoms with Crippen LogP contribution in [0.5, 0.6) is 0 Å². The Morgan fingerprint density at radius 3 is 2.12 bits per heavy atom. The number of hydrogen-bond donors (Lipinski definition) is 3. The van der Waals surface area contributed by atoms with Gasteiger partial charge in [0.05, 0.1) is 0 Å². The summed E-state index contributed by atoms with van der Waals surface area (Å²) in [4.78, 5) is 23.0. The van der Waals surface area contributed by atoms with Gasteiger partial charge in [-0.05, 0) is 30.3 Å². The summed E-state index contributed by atoms with van der Waals surface area (Å²) in [6.45, 7) is 6.94. The Balaban J connectivity index is 2.04. The molecule has 1 aromatic carbocycles. The van der Waals surface area contributed by atoms with Crippen LogP contribution in [0.15, 0.2) is 36.4 Å². The number of carbonyl (C=O) groups excluding carboxylic acids is 2. The lowest BCUT2D eigenvalue weighted by Crippen LogP contribution is -2.28. The molecule has 0 atom stereocenters. The van der Waals surface area contributed by atoms with Crippen LogP contribution in [0.2, 0.25) is 0 Å². The predicted molar refractivity (Wildman–Crippen MR) is 94.1 cm³/mol. The zero-order chi connectivity index (χ0) is 17.7. The Bertz CT molecular complexity index is 735. The molecule has 0 unspecified atom stereocenters. The normalized spacial score (nSPS) is 10.8. The van der Waals surface area contributed by atoms with Crippen molar-refractivity contribution in [3.8, 4) is 0 Å². The number of carbonyl (C=O) groups is 2. The van der Waals surface area contributed by atoms with E-state index in [1.165, 1.54) is 6.92 Å². The third kappa shape index (κ3) is 5.05. The number of nitrogens with one attached hydrogen (secondary N) is 3. The quantitative estimate of drug-likeness (QED) is 0.801. The van der Waals surface area contributed by atoms with Crippen LogP contribution in [0, 0.1) is 5.41 Å². The zero-order valence-electron chi connectivity index (χ0n) is 14.2. The van der Waals surface area contributed by atoms with Gasteiger partial charge in [0, 0.05) is 23.7 Å². The standard InChI is InChI=1S/C17H21N5O2/c1-11(23)18-12-6-5-7-13(10-12)19-14-8-9-15(22-21-14)20-16(24)17(2,3)4/h5-10H,1-4H3,(H,18,23)(H,19,21)(H,20,22,24). The van der Waals surface area contributed by atoms with Crippen molar-refractivity contribution in [3.05, 3.63) is 36.4 Å². The molecule has 0 bridgehead atoms. The minimum atomic E-state index is -0.497. The molecule has 3 N–H and O–H groups in total. The second-order valence-electron chi connectivity index (χ2n) is 6.39. The molecule has 0 saturated carbocycles. The molecule has 24 heavy (non-hydrogen) atoms. The van der Waals surface area contributed by atoms with E-state index in [-0.39, 0.29) is 11.8 Å². The summed E-state index contributed by atoms with van der Waals surface area (Å²) in [5.41, 5.74) is 0.958. The zero-order valence-corrected chi connectivity index (χ0v) is 14.2. The second-order valence-corrected chi connectivity index (χ2v) is 6.39. The Labute approximate surface area is 140 Å². The lowest BCUT2D eigenvalue weighted by atomic mass is 9.96. The number of anilines is 4. The van der Waals surface area contributed by atoms with Crippen LogP contribution < -0.4 is 16.0 Å². The molecule has 0 radical (unpaired) electrons. The molecule has 0 aliphatic carbocycles. The van der Waals surface area contributed by atoms with Crippen molar-refractivity contribution in [2.75, 3.05) is 16.0 Å². The first-order valence-electron chi connectivity index (χ1n) is 7.54. The van der Waals surface area contributed by atoms with Crippen LogP contribution in [0.25, 0.3) is 0 Å². The minimum absolute atomic E-state index is 0.125. The van der Waals surface area contributed by atoms with Crippen molar-refractivity contribution in [2.24, 2.45) is 5.41 Å². The third-order valence-electron chi connectivity index (χ3n) is 3.04. The van der Waals surface area contributed by atoms with E-state index in [1.807, 2.05) is 32.9 Å². The molecule has 126 valence electrons. The van der Waals surface area contributed by atoms with Crippen LogP contribution in [0.3, 0.4) is 0 Å². The first-order valence-corrected chi connectivity index (χ1v) is 7.54. The summed E-state index contributed by atoms with van der Waals surface area (Å²) < 4.78 is 0. The second kappa shape index (κ2) is 7.08. The number of rotatable bonds is 4. The highest BCUT2D eigenvalue weighted by molar-refractivity contribution is 5.93. The maximum atomic E-state index is 11.9.